The molecule has 390 valence electrons. The molecule has 5 N–H and O–H groups in total. The number of fused-ring (bicyclic) bond motifs is 1. The molecule has 0 spiro atoms. The highest BCUT2D eigenvalue weighted by Crippen LogP contribution is 2.37. The summed E-state index contributed by atoms with van der Waals surface area (Å²) in [6.45, 7) is 6.63. The lowest BCUT2D eigenvalue weighted by Gasteiger charge is -2.44. The third-order valence-corrected chi connectivity index (χ3v) is 13.8. The third-order valence-electron chi connectivity index (χ3n) is 13.8. The van der Waals surface area contributed by atoms with E-state index in [4.69, 9.17) is 14.2 Å². The minimum Gasteiger partial charge on any atom is -0.379 e. The largest absolute Gasteiger partial charge is 0.416 e. The minimum absolute atomic E-state index is 0.0709. The Bertz CT molecular complexity index is 2580. The molecule has 1 saturated carbocycles. The second-order valence-corrected chi connectivity index (χ2v) is 18.6. The number of anilines is 3. The Balaban J connectivity index is 0.768. The number of carbonyl (C=O) groups is 4. The fourth-order valence-corrected chi connectivity index (χ4v) is 9.71. The van der Waals surface area contributed by atoms with E-state index in [2.05, 4.69) is 67.3 Å². The van der Waals surface area contributed by atoms with Gasteiger partial charge < -0.3 is 55.5 Å². The lowest BCUT2D eigenvalue weighted by molar-refractivity contribution is -0.137. The quantitative estimate of drug-likeness (QED) is 0.0474. The molecule has 2 aromatic heterocycles. The Morgan fingerprint density at radius 1 is 0.889 bits per heavy atom. The molecule has 23 heteroatoms. The summed E-state index contributed by atoms with van der Waals surface area (Å²) in [4.78, 5) is 95.2. The maximum Gasteiger partial charge on any atom is 0.416 e. The molecule has 2 aromatic carbocycles. The summed E-state index contributed by atoms with van der Waals surface area (Å²) in [5, 5.41) is 15.1. The maximum absolute atomic E-state index is 13.9. The van der Waals surface area contributed by atoms with Gasteiger partial charge in [-0.15, -0.1) is 0 Å². The van der Waals surface area contributed by atoms with Crippen LogP contribution in [0.2, 0.25) is 0 Å². The number of benzene rings is 1. The van der Waals surface area contributed by atoms with Gasteiger partial charge in [0.05, 0.1) is 74.8 Å². The molecule has 72 heavy (non-hydrogen) atoms. The average molecular weight is 1010 g/mol. The fraction of sp³-hybridized carbons (Fsp3) is 0.571. The van der Waals surface area contributed by atoms with Crippen LogP contribution >= 0.6 is 0 Å². The van der Waals surface area contributed by atoms with Crippen molar-refractivity contribution in [3.8, 4) is 0 Å². The summed E-state index contributed by atoms with van der Waals surface area (Å²) >= 11 is 0. The number of pyridine rings is 1. The smallest absolute Gasteiger partial charge is 0.379 e. The molecule has 4 amide bonds. The summed E-state index contributed by atoms with van der Waals surface area (Å²) in [6.07, 6.45) is 2.64. The van der Waals surface area contributed by atoms with E-state index in [0.717, 1.165) is 24.1 Å². The van der Waals surface area contributed by atoms with E-state index >= 15 is 0 Å². The number of rotatable bonds is 25. The normalized spacial score (nSPS) is 21.6. The van der Waals surface area contributed by atoms with Crippen LogP contribution < -0.4 is 37.4 Å². The van der Waals surface area contributed by atoms with E-state index in [1.807, 2.05) is 6.07 Å². The molecule has 0 radical (unpaired) electrons. The highest BCUT2D eigenvalue weighted by atomic mass is 19.4. The molecular formula is C49H64F3N11O9. The number of alkyl halides is 3. The lowest BCUT2D eigenvalue weighted by Crippen LogP contribution is -2.58. The van der Waals surface area contributed by atoms with E-state index in [0.29, 0.717) is 31.3 Å². The SMILES string of the molecule is CC(C)N(C)[C@@H]1CC[C@H](N2CC[C@H](Nc3ncnc4ccc(C(F)(F)F)cc34)C2=O)[C@H](NC(=O)CCOCCOCCOCCNc2c(NCCNC(=O)[C@H]3CC(=O)N(C)[C@@H]3c3cccnc3)c(=O)c2=O)C1. The Morgan fingerprint density at radius 2 is 1.60 bits per heavy atom. The van der Waals surface area contributed by atoms with Crippen molar-refractivity contribution in [2.24, 2.45) is 5.92 Å². The van der Waals surface area contributed by atoms with Gasteiger partial charge in [-0.05, 0) is 76.4 Å². The number of nitrogens with zero attached hydrogens (tertiary/aromatic N) is 6. The van der Waals surface area contributed by atoms with Gasteiger partial charge in [0.2, 0.25) is 23.6 Å². The Hall–Kier alpha value is -6.30. The molecule has 2 aliphatic heterocycles. The van der Waals surface area contributed by atoms with Gasteiger partial charge in [-0.2, -0.15) is 13.2 Å². The van der Waals surface area contributed by atoms with Gasteiger partial charge in [0.25, 0.3) is 10.9 Å². The summed E-state index contributed by atoms with van der Waals surface area (Å²) in [7, 11) is 3.71. The topological polar surface area (TPSA) is 239 Å². The van der Waals surface area contributed by atoms with E-state index in [9.17, 15) is 41.9 Å². The molecule has 20 nitrogen and oxygen atoms in total. The second-order valence-electron chi connectivity index (χ2n) is 18.6. The molecule has 1 aliphatic carbocycles. The molecule has 4 heterocycles. The number of ether oxygens (including phenoxy) is 3. The van der Waals surface area contributed by atoms with Crippen molar-refractivity contribution in [2.75, 3.05) is 95.9 Å². The predicted molar refractivity (Wildman–Crippen MR) is 261 cm³/mol. The van der Waals surface area contributed by atoms with Crippen LogP contribution in [0.3, 0.4) is 0 Å². The first-order valence-corrected chi connectivity index (χ1v) is 24.4. The zero-order valence-electron chi connectivity index (χ0n) is 41.0. The first kappa shape index (κ1) is 53.5. The van der Waals surface area contributed by atoms with E-state index in [1.165, 1.54) is 12.4 Å². The van der Waals surface area contributed by atoms with Crippen molar-refractivity contribution >= 4 is 51.7 Å². The zero-order valence-corrected chi connectivity index (χ0v) is 41.0. The first-order chi connectivity index (χ1) is 34.5. The number of amides is 4. The molecule has 3 fully saturated rings. The summed E-state index contributed by atoms with van der Waals surface area (Å²) in [5.74, 6) is -1.30. The van der Waals surface area contributed by atoms with Crippen LogP contribution in [0.5, 0.6) is 0 Å². The molecular weight excluding hydrogens is 944 g/mol. The molecule has 0 unspecified atom stereocenters. The van der Waals surface area contributed by atoms with Gasteiger partial charge in [-0.25, -0.2) is 9.97 Å². The highest BCUT2D eigenvalue weighted by molar-refractivity contribution is 5.93. The fourth-order valence-electron chi connectivity index (χ4n) is 9.71. The number of halogens is 3. The number of nitrogens with one attached hydrogen (secondary N) is 5. The molecule has 7 rings (SSSR count). The van der Waals surface area contributed by atoms with Gasteiger partial charge in [0.1, 0.15) is 29.6 Å². The van der Waals surface area contributed by atoms with Crippen LogP contribution in [0, 0.1) is 5.92 Å². The number of hydrogen-bond acceptors (Lipinski definition) is 16. The predicted octanol–water partition coefficient (Wildman–Crippen LogP) is 2.70. The van der Waals surface area contributed by atoms with Crippen LogP contribution in [0.15, 0.2) is 58.6 Å². The lowest BCUT2D eigenvalue weighted by atomic mass is 9.84. The van der Waals surface area contributed by atoms with E-state index < -0.39 is 40.6 Å². The Morgan fingerprint density at radius 3 is 2.29 bits per heavy atom. The van der Waals surface area contributed by atoms with E-state index in [-0.39, 0.29) is 142 Å². The average Bonchev–Trinajstić information content (AvgIpc) is 3.88. The van der Waals surface area contributed by atoms with Gasteiger partial charge >= 0.3 is 6.18 Å². The van der Waals surface area contributed by atoms with Crippen molar-refractivity contribution in [1.82, 2.24) is 40.3 Å². The van der Waals surface area contributed by atoms with Crippen LogP contribution in [-0.4, -0.2) is 163 Å². The van der Waals surface area contributed by atoms with Crippen LogP contribution in [-0.2, 0) is 39.6 Å². The van der Waals surface area contributed by atoms with Crippen LogP contribution in [0.25, 0.3) is 10.9 Å². The summed E-state index contributed by atoms with van der Waals surface area (Å²) < 4.78 is 57.5. The first-order valence-electron chi connectivity index (χ1n) is 24.4. The van der Waals surface area contributed by atoms with Gasteiger partial charge in [-0.3, -0.25) is 33.8 Å². The Kier molecular flexibility index (Phi) is 18.1. The van der Waals surface area contributed by atoms with Crippen molar-refractivity contribution in [3.63, 3.8) is 0 Å². The van der Waals surface area contributed by atoms with E-state index in [1.54, 1.807) is 35.3 Å². The molecule has 3 aliphatic rings. The van der Waals surface area contributed by atoms with Crippen LogP contribution in [0.1, 0.15) is 69.5 Å². The molecule has 0 bridgehead atoms. The van der Waals surface area contributed by atoms with Crippen molar-refractivity contribution in [1.29, 1.82) is 0 Å². The minimum atomic E-state index is -4.56. The van der Waals surface area contributed by atoms with Crippen LogP contribution in [0.4, 0.5) is 30.4 Å². The number of aromatic nitrogens is 3. The maximum atomic E-state index is 13.9. The summed E-state index contributed by atoms with van der Waals surface area (Å²) in [6, 6.07) is 5.50. The van der Waals surface area contributed by atoms with Gasteiger partial charge in [0, 0.05) is 75.9 Å². The summed E-state index contributed by atoms with van der Waals surface area (Å²) in [5.41, 5.74) is -0.779. The molecule has 2 saturated heterocycles. The monoisotopic (exact) mass is 1010 g/mol. The highest BCUT2D eigenvalue weighted by Gasteiger charge is 2.44. The van der Waals surface area contributed by atoms with Crippen molar-refractivity contribution in [2.45, 2.75) is 94.8 Å². The van der Waals surface area contributed by atoms with Gasteiger partial charge in [-0.1, -0.05) is 6.07 Å². The zero-order chi connectivity index (χ0) is 51.5. The van der Waals surface area contributed by atoms with Crippen molar-refractivity contribution < 1.29 is 46.6 Å². The van der Waals surface area contributed by atoms with Gasteiger partial charge in [0.15, 0.2) is 0 Å². The molecule has 6 atom stereocenters. The number of hydrogen-bond donors (Lipinski definition) is 5. The number of carbonyl (C=O) groups excluding carboxylic acids is 4. The Labute approximate surface area is 414 Å². The van der Waals surface area contributed by atoms with Crippen molar-refractivity contribution in [3.05, 3.63) is 80.6 Å². The number of likely N-dealkylation sites (tertiary alicyclic amines) is 2. The molecule has 4 aromatic rings. The third kappa shape index (κ3) is 13.0. The second kappa shape index (κ2) is 24.4. The standard InChI is InChI=1S/C49H64F3N11O9/c1-29(2)61(3)32-8-10-38(63-17-11-36(48(63)69)60-46-33-24-31(49(50,51)52)7-9-35(33)57-28-58-46)37(25-32)59-39(64)12-18-70-20-22-72-23-21-71-19-16-55-42-41(44(66)45(42)67)54-14-15-56-47(68)34-26-40(65)62(4)43(34)30-6-5-13-53-27-30/h5-7,9,13,24,27-29,32,34,36-38,43,54-55H,8,10-12,14-23,25-26H2,1-4H3,(H,56,68)(H,59,64)(H,57,58,60)/t32-,34+,36+,37-,38+,43-/m1/s1.